The summed E-state index contributed by atoms with van der Waals surface area (Å²) in [6, 6.07) is 3.89. The first-order valence-electron chi connectivity index (χ1n) is 9.06. The van der Waals surface area contributed by atoms with Gasteiger partial charge in [-0.05, 0) is 37.8 Å². The fraction of sp³-hybridized carbons (Fsp3) is 0.500. The van der Waals surface area contributed by atoms with Crippen LogP contribution in [0.1, 0.15) is 68.1 Å². The first kappa shape index (κ1) is 19.0. The Balaban J connectivity index is 2.70. The number of nitrogens with two attached hydrogens (primary N) is 1. The molecule has 25 heavy (non-hydrogen) atoms. The van der Waals surface area contributed by atoms with Crippen LogP contribution in [-0.2, 0) is 6.42 Å². The van der Waals surface area contributed by atoms with Gasteiger partial charge in [-0.15, -0.1) is 0 Å². The number of nitrogen functional groups attached to an aromatic ring is 1. The van der Waals surface area contributed by atoms with Crippen molar-refractivity contribution in [2.45, 2.75) is 65.9 Å². The highest BCUT2D eigenvalue weighted by atomic mass is 16.5. The minimum atomic E-state index is -1.06. The number of carboxylic acids is 1. The van der Waals surface area contributed by atoms with E-state index < -0.39 is 5.97 Å². The lowest BCUT2D eigenvalue weighted by Crippen LogP contribution is -2.18. The quantitative estimate of drug-likeness (QED) is 0.723. The molecule has 2 rings (SSSR count). The molecule has 1 aromatic heterocycles. The van der Waals surface area contributed by atoms with Crippen molar-refractivity contribution in [2.24, 2.45) is 0 Å². The molecule has 0 saturated carbocycles. The summed E-state index contributed by atoms with van der Waals surface area (Å²) in [5, 5.41) is 10.1. The number of benzene rings is 1. The molecular formula is C20H28N2O3. The van der Waals surface area contributed by atoms with Crippen molar-refractivity contribution >= 4 is 22.6 Å². The summed E-state index contributed by atoms with van der Waals surface area (Å²) in [6.45, 7) is 8.00. The Bertz CT molecular complexity index is 765. The van der Waals surface area contributed by atoms with Crippen LogP contribution < -0.4 is 10.5 Å². The molecule has 1 heterocycles. The summed E-state index contributed by atoms with van der Waals surface area (Å²) < 4.78 is 6.37. The molecule has 0 spiro atoms. The molecule has 0 bridgehead atoms. The van der Waals surface area contributed by atoms with Crippen LogP contribution >= 0.6 is 0 Å². The summed E-state index contributed by atoms with van der Waals surface area (Å²) in [6.07, 6.45) is 4.86. The van der Waals surface area contributed by atoms with Gasteiger partial charge < -0.3 is 15.6 Å². The maximum atomic E-state index is 11.6. The Kier molecular flexibility index (Phi) is 6.23. The molecule has 3 N–H and O–H groups in total. The van der Waals surface area contributed by atoms with Crippen LogP contribution in [0.2, 0.25) is 0 Å². The van der Waals surface area contributed by atoms with E-state index in [0.29, 0.717) is 22.3 Å². The molecule has 0 aliphatic rings. The number of hydrogen-bond donors (Lipinski definition) is 2. The second-order valence-electron chi connectivity index (χ2n) is 6.41. The van der Waals surface area contributed by atoms with Gasteiger partial charge in [0.25, 0.3) is 0 Å². The van der Waals surface area contributed by atoms with Crippen molar-refractivity contribution in [1.82, 2.24) is 4.98 Å². The number of anilines is 1. The third kappa shape index (κ3) is 3.86. The number of hydrogen-bond acceptors (Lipinski definition) is 4. The summed E-state index contributed by atoms with van der Waals surface area (Å²) in [7, 11) is 0. The molecule has 0 amide bonds. The van der Waals surface area contributed by atoms with Gasteiger partial charge in [-0.25, -0.2) is 4.79 Å². The highest BCUT2D eigenvalue weighted by Crippen LogP contribution is 2.37. The molecule has 136 valence electrons. The molecule has 0 radical (unpaired) electrons. The summed E-state index contributed by atoms with van der Waals surface area (Å²) in [5.74, 6) is -0.365. The predicted octanol–water partition coefficient (Wildman–Crippen LogP) is 4.73. The molecule has 0 aliphatic heterocycles. The number of aryl methyl sites for hydroxylation is 2. The van der Waals surface area contributed by atoms with Crippen LogP contribution in [-0.4, -0.2) is 22.2 Å². The summed E-state index contributed by atoms with van der Waals surface area (Å²) >= 11 is 0. The van der Waals surface area contributed by atoms with Crippen LogP contribution in [0.3, 0.4) is 0 Å². The SMILES string of the molecule is CCCC(CCC)Oc1c(CC)ccc2nc(C)c(C(=O)O)c(N)c12. The second-order valence-corrected chi connectivity index (χ2v) is 6.41. The van der Waals surface area contributed by atoms with E-state index in [0.717, 1.165) is 37.7 Å². The monoisotopic (exact) mass is 344 g/mol. The van der Waals surface area contributed by atoms with Crippen molar-refractivity contribution in [3.63, 3.8) is 0 Å². The molecule has 5 nitrogen and oxygen atoms in total. The first-order chi connectivity index (χ1) is 11.9. The average Bonchev–Trinajstić information content (AvgIpc) is 2.54. The van der Waals surface area contributed by atoms with Crippen molar-refractivity contribution in [3.8, 4) is 5.75 Å². The number of ether oxygens (including phenoxy) is 1. The summed E-state index contributed by atoms with van der Waals surface area (Å²) in [5.41, 5.74) is 8.70. The average molecular weight is 344 g/mol. The third-order valence-electron chi connectivity index (χ3n) is 4.51. The number of pyridine rings is 1. The third-order valence-corrected chi connectivity index (χ3v) is 4.51. The lowest BCUT2D eigenvalue weighted by Gasteiger charge is -2.22. The number of nitrogens with zero attached hydrogens (tertiary/aromatic N) is 1. The number of carboxylic acid groups (broad SMARTS) is 1. The van der Waals surface area contributed by atoms with Crippen LogP contribution in [0.5, 0.6) is 5.75 Å². The highest BCUT2D eigenvalue weighted by molar-refractivity contribution is 6.07. The van der Waals surface area contributed by atoms with Crippen molar-refractivity contribution < 1.29 is 14.6 Å². The maximum Gasteiger partial charge on any atom is 0.339 e. The fourth-order valence-electron chi connectivity index (χ4n) is 3.28. The van der Waals surface area contributed by atoms with E-state index in [1.54, 1.807) is 6.92 Å². The first-order valence-corrected chi connectivity index (χ1v) is 9.06. The van der Waals surface area contributed by atoms with Gasteiger partial charge in [-0.3, -0.25) is 4.98 Å². The van der Waals surface area contributed by atoms with Crippen LogP contribution in [0.15, 0.2) is 12.1 Å². The molecule has 5 heteroatoms. The minimum Gasteiger partial charge on any atom is -0.489 e. The molecule has 0 unspecified atom stereocenters. The lowest BCUT2D eigenvalue weighted by atomic mass is 10.0. The van der Waals surface area contributed by atoms with Crippen molar-refractivity contribution in [3.05, 3.63) is 29.0 Å². The van der Waals surface area contributed by atoms with Crippen molar-refractivity contribution in [1.29, 1.82) is 0 Å². The Morgan fingerprint density at radius 3 is 2.40 bits per heavy atom. The normalized spacial score (nSPS) is 11.2. The second kappa shape index (κ2) is 8.19. The number of fused-ring (bicyclic) bond motifs is 1. The zero-order valence-corrected chi connectivity index (χ0v) is 15.6. The van der Waals surface area contributed by atoms with Gasteiger partial charge in [-0.2, -0.15) is 0 Å². The topological polar surface area (TPSA) is 85.4 Å². The number of carbonyl (C=O) groups is 1. The Hall–Kier alpha value is -2.30. The number of rotatable bonds is 8. The molecular weight excluding hydrogens is 316 g/mol. The molecule has 0 saturated heterocycles. The van der Waals surface area contributed by atoms with E-state index >= 15 is 0 Å². The molecule has 0 fully saturated rings. The maximum absolute atomic E-state index is 11.6. The minimum absolute atomic E-state index is 0.0631. The van der Waals surface area contributed by atoms with Gasteiger partial charge in [-0.1, -0.05) is 39.7 Å². The van der Waals surface area contributed by atoms with E-state index in [9.17, 15) is 9.90 Å². The standard InChI is InChI=1S/C20H28N2O3/c1-5-8-14(9-6-2)25-19-13(7-3)10-11-15-17(19)18(21)16(20(23)24)12(4)22-15/h10-11,14H,5-9H2,1-4H3,(H2,21,22)(H,23,24). The number of aromatic carboxylic acids is 1. The Morgan fingerprint density at radius 1 is 1.24 bits per heavy atom. The van der Waals surface area contributed by atoms with Gasteiger partial charge in [0.1, 0.15) is 11.3 Å². The smallest absolute Gasteiger partial charge is 0.339 e. The van der Waals surface area contributed by atoms with Crippen LogP contribution in [0.4, 0.5) is 5.69 Å². The lowest BCUT2D eigenvalue weighted by molar-refractivity contribution is 0.0697. The Labute approximate surface area is 149 Å². The fourth-order valence-corrected chi connectivity index (χ4v) is 3.28. The van der Waals surface area contributed by atoms with E-state index in [2.05, 4.69) is 25.8 Å². The van der Waals surface area contributed by atoms with Crippen LogP contribution in [0.25, 0.3) is 10.9 Å². The van der Waals surface area contributed by atoms with Gasteiger partial charge in [0.2, 0.25) is 0 Å². The highest BCUT2D eigenvalue weighted by Gasteiger charge is 2.22. The van der Waals surface area contributed by atoms with Gasteiger partial charge in [0.05, 0.1) is 28.4 Å². The van der Waals surface area contributed by atoms with E-state index in [1.165, 1.54) is 0 Å². The predicted molar refractivity (Wildman–Crippen MR) is 101 cm³/mol. The molecule has 0 atom stereocenters. The van der Waals surface area contributed by atoms with E-state index in [1.807, 2.05) is 12.1 Å². The molecule has 2 aromatic rings. The van der Waals surface area contributed by atoms with Crippen LogP contribution in [0, 0.1) is 6.92 Å². The van der Waals surface area contributed by atoms with E-state index in [4.69, 9.17) is 10.5 Å². The van der Waals surface area contributed by atoms with Gasteiger partial charge >= 0.3 is 5.97 Å². The zero-order valence-electron chi connectivity index (χ0n) is 15.6. The molecule has 0 aliphatic carbocycles. The largest absolute Gasteiger partial charge is 0.489 e. The molecule has 1 aromatic carbocycles. The van der Waals surface area contributed by atoms with Crippen molar-refractivity contribution in [2.75, 3.05) is 5.73 Å². The van der Waals surface area contributed by atoms with Gasteiger partial charge in [0.15, 0.2) is 0 Å². The Morgan fingerprint density at radius 2 is 1.88 bits per heavy atom. The summed E-state index contributed by atoms with van der Waals surface area (Å²) in [4.78, 5) is 16.1. The zero-order chi connectivity index (χ0) is 18.6. The van der Waals surface area contributed by atoms with E-state index in [-0.39, 0.29) is 17.4 Å². The van der Waals surface area contributed by atoms with Gasteiger partial charge in [0, 0.05) is 0 Å². The number of aromatic nitrogens is 1.